The Balaban J connectivity index is 1.42. The fourth-order valence-electron chi connectivity index (χ4n) is 5.80. The highest BCUT2D eigenvalue weighted by molar-refractivity contribution is 6.31. The smallest absolute Gasteiger partial charge is 0.253 e. The van der Waals surface area contributed by atoms with Gasteiger partial charge in [-0.3, -0.25) is 24.3 Å². The molecule has 0 bridgehead atoms. The number of pyridine rings is 1. The number of amides is 2. The maximum atomic E-state index is 13.6. The Morgan fingerprint density at radius 2 is 1.79 bits per heavy atom. The van der Waals surface area contributed by atoms with E-state index in [-0.39, 0.29) is 30.1 Å². The Morgan fingerprint density at radius 3 is 2.46 bits per heavy atom. The first kappa shape index (κ1) is 29.2. The minimum absolute atomic E-state index is 0.0170. The topological polar surface area (TPSA) is 73.8 Å². The molecule has 0 N–H and O–H groups in total. The van der Waals surface area contributed by atoms with E-state index >= 15 is 0 Å². The SMILES string of the molecule is CCCCc1cc(C(=O)N(C)C)cc(CC(=O)C2CCC(=O)N2C2CCN(Cc3ccc(Cl)c(C)c3)CC2)n1. The number of nitrogens with zero attached hydrogens (tertiary/aromatic N) is 4. The first-order valence-electron chi connectivity index (χ1n) is 14.2. The Hall–Kier alpha value is -2.77. The van der Waals surface area contributed by atoms with Gasteiger partial charge in [0.1, 0.15) is 0 Å². The molecule has 2 amide bonds. The monoisotopic (exact) mass is 552 g/mol. The van der Waals surface area contributed by atoms with Crippen LogP contribution in [0.3, 0.4) is 0 Å². The third-order valence-electron chi connectivity index (χ3n) is 7.93. The van der Waals surface area contributed by atoms with Crippen LogP contribution in [0.4, 0.5) is 0 Å². The predicted molar refractivity (Wildman–Crippen MR) is 154 cm³/mol. The van der Waals surface area contributed by atoms with Gasteiger partial charge in [-0.15, -0.1) is 0 Å². The molecule has 2 aliphatic heterocycles. The number of benzene rings is 1. The molecule has 0 spiro atoms. The molecule has 7 nitrogen and oxygen atoms in total. The molecule has 2 aromatic rings. The Labute approximate surface area is 237 Å². The van der Waals surface area contributed by atoms with Gasteiger partial charge >= 0.3 is 0 Å². The van der Waals surface area contributed by atoms with Crippen molar-refractivity contribution in [1.82, 2.24) is 19.7 Å². The number of Topliss-reactive ketones (excluding diaryl/α,β-unsaturated/α-hetero) is 1. The highest BCUT2D eigenvalue weighted by Crippen LogP contribution is 2.29. The van der Waals surface area contributed by atoms with Gasteiger partial charge in [0.15, 0.2) is 5.78 Å². The molecule has 1 aromatic carbocycles. The van der Waals surface area contributed by atoms with E-state index in [9.17, 15) is 14.4 Å². The predicted octanol–water partition coefficient (Wildman–Crippen LogP) is 4.86. The van der Waals surface area contributed by atoms with Crippen molar-refractivity contribution in [2.45, 2.75) is 83.8 Å². The van der Waals surface area contributed by atoms with E-state index in [4.69, 9.17) is 16.6 Å². The van der Waals surface area contributed by atoms with Gasteiger partial charge in [-0.25, -0.2) is 0 Å². The second kappa shape index (κ2) is 13.1. The van der Waals surface area contributed by atoms with Gasteiger partial charge in [0.05, 0.1) is 12.5 Å². The van der Waals surface area contributed by atoms with Crippen molar-refractivity contribution in [3.05, 3.63) is 63.4 Å². The molecule has 2 fully saturated rings. The zero-order valence-electron chi connectivity index (χ0n) is 23.7. The standard InChI is InChI=1S/C31H41ClN4O3/c1-5-6-7-24-17-23(31(39)34(3)4)18-25(33-24)19-29(37)28-10-11-30(38)36(28)26-12-14-35(15-13-26)20-22-8-9-27(32)21(2)16-22/h8-9,16-18,26,28H,5-7,10-15,19-20H2,1-4H3. The summed E-state index contributed by atoms with van der Waals surface area (Å²) >= 11 is 6.18. The summed E-state index contributed by atoms with van der Waals surface area (Å²) in [5.74, 6) is -0.00129. The molecule has 0 saturated carbocycles. The largest absolute Gasteiger partial charge is 0.345 e. The second-order valence-corrected chi connectivity index (χ2v) is 11.6. The summed E-state index contributed by atoms with van der Waals surface area (Å²) in [5.41, 5.74) is 4.34. The molecule has 8 heteroatoms. The van der Waals surface area contributed by atoms with Crippen LogP contribution in [0.5, 0.6) is 0 Å². The van der Waals surface area contributed by atoms with E-state index in [0.29, 0.717) is 24.1 Å². The molecular formula is C31H41ClN4O3. The number of ketones is 1. The maximum Gasteiger partial charge on any atom is 0.253 e. The second-order valence-electron chi connectivity index (χ2n) is 11.2. The van der Waals surface area contributed by atoms with Crippen molar-refractivity contribution < 1.29 is 14.4 Å². The molecule has 0 aliphatic carbocycles. The molecule has 210 valence electrons. The summed E-state index contributed by atoms with van der Waals surface area (Å²) in [5, 5.41) is 0.782. The molecule has 2 aliphatic rings. The Bertz CT molecular complexity index is 1210. The molecule has 4 rings (SSSR count). The summed E-state index contributed by atoms with van der Waals surface area (Å²) in [6.45, 7) is 6.76. The van der Waals surface area contributed by atoms with Crippen LogP contribution in [0, 0.1) is 6.92 Å². The van der Waals surface area contributed by atoms with Crippen LogP contribution in [0.2, 0.25) is 5.02 Å². The quantitative estimate of drug-likeness (QED) is 0.421. The molecule has 1 unspecified atom stereocenters. The van der Waals surface area contributed by atoms with Crippen LogP contribution in [0.15, 0.2) is 30.3 Å². The molecule has 1 aromatic heterocycles. The first-order chi connectivity index (χ1) is 18.7. The summed E-state index contributed by atoms with van der Waals surface area (Å²) in [6.07, 6.45) is 5.59. The minimum Gasteiger partial charge on any atom is -0.345 e. The molecule has 39 heavy (non-hydrogen) atoms. The van der Waals surface area contributed by atoms with Crippen LogP contribution < -0.4 is 0 Å². The van der Waals surface area contributed by atoms with E-state index in [1.165, 1.54) is 5.56 Å². The number of unbranched alkanes of at least 4 members (excludes halogenated alkanes) is 1. The third kappa shape index (κ3) is 7.25. The van der Waals surface area contributed by atoms with E-state index in [2.05, 4.69) is 24.0 Å². The number of aryl methyl sites for hydroxylation is 2. The lowest BCUT2D eigenvalue weighted by atomic mass is 9.98. The lowest BCUT2D eigenvalue weighted by Crippen LogP contribution is -2.50. The summed E-state index contributed by atoms with van der Waals surface area (Å²) in [4.78, 5) is 49.8. The molecular weight excluding hydrogens is 512 g/mol. The lowest BCUT2D eigenvalue weighted by molar-refractivity contribution is -0.137. The van der Waals surface area contributed by atoms with Crippen molar-refractivity contribution in [1.29, 1.82) is 0 Å². The van der Waals surface area contributed by atoms with Gasteiger partial charge in [-0.05, 0) is 68.4 Å². The number of hydrogen-bond donors (Lipinski definition) is 0. The Morgan fingerprint density at radius 1 is 1.08 bits per heavy atom. The Kier molecular flexibility index (Phi) is 9.78. The number of aromatic nitrogens is 1. The zero-order chi connectivity index (χ0) is 28.1. The lowest BCUT2D eigenvalue weighted by Gasteiger charge is -2.39. The van der Waals surface area contributed by atoms with E-state index in [0.717, 1.165) is 68.0 Å². The van der Waals surface area contributed by atoms with Crippen LogP contribution in [-0.2, 0) is 29.0 Å². The fourth-order valence-corrected chi connectivity index (χ4v) is 5.92. The number of piperidine rings is 1. The van der Waals surface area contributed by atoms with E-state index < -0.39 is 6.04 Å². The average Bonchev–Trinajstić information content (AvgIpc) is 3.30. The van der Waals surface area contributed by atoms with Crippen LogP contribution in [0.25, 0.3) is 0 Å². The van der Waals surface area contributed by atoms with E-state index in [1.54, 1.807) is 25.1 Å². The summed E-state index contributed by atoms with van der Waals surface area (Å²) in [7, 11) is 3.45. The average molecular weight is 553 g/mol. The van der Waals surface area contributed by atoms with Crippen molar-refractivity contribution >= 4 is 29.2 Å². The van der Waals surface area contributed by atoms with Crippen LogP contribution in [-0.4, -0.2) is 76.5 Å². The fraction of sp³-hybridized carbons (Fsp3) is 0.548. The number of likely N-dealkylation sites (tertiary alicyclic amines) is 2. The third-order valence-corrected chi connectivity index (χ3v) is 8.36. The minimum atomic E-state index is -0.415. The van der Waals surface area contributed by atoms with Gasteiger partial charge in [0.2, 0.25) is 5.91 Å². The van der Waals surface area contributed by atoms with Crippen molar-refractivity contribution in [3.63, 3.8) is 0 Å². The van der Waals surface area contributed by atoms with Crippen molar-refractivity contribution in [3.8, 4) is 0 Å². The highest BCUT2D eigenvalue weighted by Gasteiger charge is 2.41. The van der Waals surface area contributed by atoms with Crippen molar-refractivity contribution in [2.75, 3.05) is 27.2 Å². The van der Waals surface area contributed by atoms with Gasteiger partial charge in [-0.2, -0.15) is 0 Å². The number of carbonyl (C=O) groups is 3. The summed E-state index contributed by atoms with van der Waals surface area (Å²) in [6, 6.07) is 9.41. The molecule has 2 saturated heterocycles. The number of hydrogen-bond acceptors (Lipinski definition) is 5. The van der Waals surface area contributed by atoms with Gasteiger partial charge in [0, 0.05) is 68.2 Å². The maximum absolute atomic E-state index is 13.6. The molecule has 0 radical (unpaired) electrons. The number of carbonyl (C=O) groups excluding carboxylic acids is 3. The van der Waals surface area contributed by atoms with Crippen molar-refractivity contribution in [2.24, 2.45) is 0 Å². The van der Waals surface area contributed by atoms with Gasteiger partial charge in [0.25, 0.3) is 5.91 Å². The summed E-state index contributed by atoms with van der Waals surface area (Å²) < 4.78 is 0. The van der Waals surface area contributed by atoms with E-state index in [1.807, 2.05) is 24.0 Å². The zero-order valence-corrected chi connectivity index (χ0v) is 24.5. The number of rotatable bonds is 10. The molecule has 1 atom stereocenters. The van der Waals surface area contributed by atoms with Crippen LogP contribution >= 0.6 is 11.6 Å². The van der Waals surface area contributed by atoms with Gasteiger partial charge in [-0.1, -0.05) is 37.1 Å². The highest BCUT2D eigenvalue weighted by atomic mass is 35.5. The molecule has 3 heterocycles. The van der Waals surface area contributed by atoms with Crippen LogP contribution in [0.1, 0.15) is 78.3 Å². The number of halogens is 1. The normalized spacial score (nSPS) is 18.5. The first-order valence-corrected chi connectivity index (χ1v) is 14.6. The van der Waals surface area contributed by atoms with Gasteiger partial charge < -0.3 is 9.80 Å².